The number of hydrogen-bond acceptors (Lipinski definition) is 2. The summed E-state index contributed by atoms with van der Waals surface area (Å²) >= 11 is 0. The molecule has 74 valence electrons. The molecule has 0 aliphatic rings. The molecular weight excluding hydrogens is 148 g/mol. The molecule has 2 atom stereocenters. The summed E-state index contributed by atoms with van der Waals surface area (Å²) in [5.41, 5.74) is 5.51. The summed E-state index contributed by atoms with van der Waals surface area (Å²) in [6, 6.07) is 1.08. The molecule has 3 N–H and O–H groups in total. The van der Waals surface area contributed by atoms with Gasteiger partial charge in [-0.25, -0.2) is 0 Å². The second-order valence-corrected chi connectivity index (χ2v) is 3.70. The Labute approximate surface area is 76.9 Å². The Kier molecular flexibility index (Phi) is 7.51. The van der Waals surface area contributed by atoms with Gasteiger partial charge in [0, 0.05) is 18.6 Å². The van der Waals surface area contributed by atoms with E-state index in [1.165, 1.54) is 25.7 Å². The smallest absolute Gasteiger partial charge is 0.0164 e. The van der Waals surface area contributed by atoms with Gasteiger partial charge in [-0.15, -0.1) is 0 Å². The second-order valence-electron chi connectivity index (χ2n) is 3.70. The van der Waals surface area contributed by atoms with Crippen molar-refractivity contribution in [2.75, 3.05) is 6.54 Å². The van der Waals surface area contributed by atoms with E-state index in [0.29, 0.717) is 12.1 Å². The van der Waals surface area contributed by atoms with Crippen LogP contribution in [0, 0.1) is 0 Å². The Hall–Kier alpha value is -0.0800. The molecule has 0 fully saturated rings. The minimum absolute atomic E-state index is 0.460. The predicted octanol–water partition coefficient (Wildman–Crippen LogP) is 1.89. The summed E-state index contributed by atoms with van der Waals surface area (Å²) in [4.78, 5) is 0. The third-order valence-electron chi connectivity index (χ3n) is 2.16. The van der Waals surface area contributed by atoms with Gasteiger partial charge in [0.25, 0.3) is 0 Å². The number of nitrogens with two attached hydrogens (primary N) is 1. The fourth-order valence-corrected chi connectivity index (χ4v) is 1.34. The van der Waals surface area contributed by atoms with Crippen LogP contribution in [0.2, 0.25) is 0 Å². The average Bonchev–Trinajstić information content (AvgIpc) is 2.05. The van der Waals surface area contributed by atoms with E-state index in [-0.39, 0.29) is 0 Å². The van der Waals surface area contributed by atoms with E-state index < -0.39 is 0 Å². The van der Waals surface area contributed by atoms with Crippen LogP contribution in [0.5, 0.6) is 0 Å². The second kappa shape index (κ2) is 7.56. The molecule has 0 radical (unpaired) electrons. The standard InChI is InChI=1S/C10H24N2/c1-4-5-6-7-9(2)12-10(3)8-11/h9-10,12H,4-8,11H2,1-3H3. The largest absolute Gasteiger partial charge is 0.329 e. The summed E-state index contributed by atoms with van der Waals surface area (Å²) in [6.07, 6.45) is 5.27. The summed E-state index contributed by atoms with van der Waals surface area (Å²) in [7, 11) is 0. The molecule has 0 saturated carbocycles. The zero-order valence-corrected chi connectivity index (χ0v) is 8.77. The minimum Gasteiger partial charge on any atom is -0.329 e. The lowest BCUT2D eigenvalue weighted by atomic mass is 10.1. The van der Waals surface area contributed by atoms with Crippen LogP contribution in [-0.4, -0.2) is 18.6 Å². The van der Waals surface area contributed by atoms with Crippen molar-refractivity contribution in [1.29, 1.82) is 0 Å². The highest BCUT2D eigenvalue weighted by atomic mass is 14.9. The molecule has 2 nitrogen and oxygen atoms in total. The van der Waals surface area contributed by atoms with Gasteiger partial charge in [-0.2, -0.15) is 0 Å². The monoisotopic (exact) mass is 172 g/mol. The molecule has 0 saturated heterocycles. The first kappa shape index (κ1) is 11.9. The van der Waals surface area contributed by atoms with Crippen LogP contribution in [0.4, 0.5) is 0 Å². The van der Waals surface area contributed by atoms with Gasteiger partial charge in [0.2, 0.25) is 0 Å². The highest BCUT2D eigenvalue weighted by Gasteiger charge is 2.04. The molecule has 0 spiro atoms. The Morgan fingerprint density at radius 1 is 1.17 bits per heavy atom. The third-order valence-corrected chi connectivity index (χ3v) is 2.16. The maximum atomic E-state index is 5.51. The fourth-order valence-electron chi connectivity index (χ4n) is 1.34. The lowest BCUT2D eigenvalue weighted by Gasteiger charge is -2.18. The van der Waals surface area contributed by atoms with Crippen molar-refractivity contribution in [1.82, 2.24) is 5.32 Å². The molecule has 12 heavy (non-hydrogen) atoms. The van der Waals surface area contributed by atoms with Crippen LogP contribution in [0.1, 0.15) is 46.5 Å². The number of nitrogens with one attached hydrogen (secondary N) is 1. The molecule has 0 aliphatic carbocycles. The maximum absolute atomic E-state index is 5.51. The number of rotatable bonds is 7. The Bertz CT molecular complexity index is 93.8. The van der Waals surface area contributed by atoms with Crippen molar-refractivity contribution in [3.05, 3.63) is 0 Å². The number of unbranched alkanes of at least 4 members (excludes halogenated alkanes) is 2. The summed E-state index contributed by atoms with van der Waals surface area (Å²) < 4.78 is 0. The van der Waals surface area contributed by atoms with Crippen molar-refractivity contribution >= 4 is 0 Å². The van der Waals surface area contributed by atoms with Crippen molar-refractivity contribution in [2.24, 2.45) is 5.73 Å². The summed E-state index contributed by atoms with van der Waals surface area (Å²) in [6.45, 7) is 7.34. The van der Waals surface area contributed by atoms with E-state index in [9.17, 15) is 0 Å². The van der Waals surface area contributed by atoms with Gasteiger partial charge in [-0.1, -0.05) is 26.2 Å². The fraction of sp³-hybridized carbons (Fsp3) is 1.00. The molecule has 0 aromatic rings. The van der Waals surface area contributed by atoms with Crippen LogP contribution in [0.3, 0.4) is 0 Å². The topological polar surface area (TPSA) is 38.0 Å². The van der Waals surface area contributed by atoms with Gasteiger partial charge in [0.05, 0.1) is 0 Å². The molecule has 0 aromatic heterocycles. The van der Waals surface area contributed by atoms with Crippen LogP contribution in [0.25, 0.3) is 0 Å². The van der Waals surface area contributed by atoms with E-state index in [1.807, 2.05) is 0 Å². The van der Waals surface area contributed by atoms with E-state index >= 15 is 0 Å². The van der Waals surface area contributed by atoms with Crippen molar-refractivity contribution in [3.63, 3.8) is 0 Å². The minimum atomic E-state index is 0.460. The molecule has 2 heteroatoms. The van der Waals surface area contributed by atoms with Crippen LogP contribution < -0.4 is 11.1 Å². The quantitative estimate of drug-likeness (QED) is 0.576. The van der Waals surface area contributed by atoms with Gasteiger partial charge in [-0.05, 0) is 20.3 Å². The van der Waals surface area contributed by atoms with Gasteiger partial charge in [0.1, 0.15) is 0 Å². The first-order valence-electron chi connectivity index (χ1n) is 5.16. The molecular formula is C10H24N2. The Morgan fingerprint density at radius 2 is 1.83 bits per heavy atom. The van der Waals surface area contributed by atoms with E-state index in [2.05, 4.69) is 26.1 Å². The van der Waals surface area contributed by atoms with Crippen molar-refractivity contribution in [2.45, 2.75) is 58.5 Å². The molecule has 0 heterocycles. The maximum Gasteiger partial charge on any atom is 0.0164 e. The molecule has 2 unspecified atom stereocenters. The average molecular weight is 172 g/mol. The predicted molar refractivity (Wildman–Crippen MR) is 55.3 cm³/mol. The van der Waals surface area contributed by atoms with Gasteiger partial charge < -0.3 is 11.1 Å². The molecule has 0 aromatic carbocycles. The van der Waals surface area contributed by atoms with Crippen LogP contribution in [0.15, 0.2) is 0 Å². The van der Waals surface area contributed by atoms with E-state index in [0.717, 1.165) is 6.54 Å². The highest BCUT2D eigenvalue weighted by Crippen LogP contribution is 2.03. The van der Waals surface area contributed by atoms with Crippen LogP contribution in [-0.2, 0) is 0 Å². The molecule has 0 aliphatic heterocycles. The Morgan fingerprint density at radius 3 is 2.33 bits per heavy atom. The summed E-state index contributed by atoms with van der Waals surface area (Å²) in [5, 5.41) is 3.46. The summed E-state index contributed by atoms with van der Waals surface area (Å²) in [5.74, 6) is 0. The Balaban J connectivity index is 3.26. The third kappa shape index (κ3) is 6.62. The van der Waals surface area contributed by atoms with E-state index in [4.69, 9.17) is 5.73 Å². The molecule has 0 amide bonds. The lowest BCUT2D eigenvalue weighted by molar-refractivity contribution is 0.436. The van der Waals surface area contributed by atoms with Crippen molar-refractivity contribution in [3.8, 4) is 0 Å². The molecule has 0 rings (SSSR count). The van der Waals surface area contributed by atoms with Gasteiger partial charge in [-0.3, -0.25) is 0 Å². The number of hydrogen-bond donors (Lipinski definition) is 2. The van der Waals surface area contributed by atoms with Gasteiger partial charge >= 0.3 is 0 Å². The first-order chi connectivity index (χ1) is 5.70. The zero-order chi connectivity index (χ0) is 9.40. The van der Waals surface area contributed by atoms with Gasteiger partial charge in [0.15, 0.2) is 0 Å². The van der Waals surface area contributed by atoms with E-state index in [1.54, 1.807) is 0 Å². The molecule has 0 bridgehead atoms. The van der Waals surface area contributed by atoms with Crippen molar-refractivity contribution < 1.29 is 0 Å². The normalized spacial score (nSPS) is 16.0. The SMILES string of the molecule is CCCCCC(C)NC(C)CN. The first-order valence-corrected chi connectivity index (χ1v) is 5.16. The highest BCUT2D eigenvalue weighted by molar-refractivity contribution is 4.67. The van der Waals surface area contributed by atoms with Crippen LogP contribution >= 0.6 is 0 Å². The zero-order valence-electron chi connectivity index (χ0n) is 8.77. The lowest BCUT2D eigenvalue weighted by Crippen LogP contribution is -2.39.